The van der Waals surface area contributed by atoms with Crippen molar-refractivity contribution in [2.75, 3.05) is 0 Å². The number of hydrogen-bond acceptors (Lipinski definition) is 0. The van der Waals surface area contributed by atoms with E-state index in [-0.39, 0.29) is 16.7 Å². The third kappa shape index (κ3) is 9.51. The molecule has 2 rings (SSSR count). The zero-order chi connectivity index (χ0) is 17.7. The van der Waals surface area contributed by atoms with Crippen LogP contribution in [0.3, 0.4) is 0 Å². The highest BCUT2D eigenvalue weighted by atomic mass is 35.5. The average molecular weight is 329 g/mol. The van der Waals surface area contributed by atoms with E-state index in [0.717, 1.165) is 16.7 Å². The van der Waals surface area contributed by atoms with Gasteiger partial charge in [-0.25, -0.2) is 8.78 Å². The normalized spacial score (nSPS) is 8.45. The van der Waals surface area contributed by atoms with E-state index in [1.54, 1.807) is 25.1 Å². The SMILES string of the molecule is CC.CC.Cc1ccc(F)c(C)c1.Cc1ccc(F)c(Cl)c1. The van der Waals surface area contributed by atoms with E-state index in [0.29, 0.717) is 0 Å². The second-order valence-electron chi connectivity index (χ2n) is 4.17. The predicted octanol–water partition coefficient (Wildman–Crippen LogP) is 7.28. The molecule has 0 saturated heterocycles. The third-order valence-electron chi connectivity index (χ3n) is 2.39. The molecule has 0 bridgehead atoms. The van der Waals surface area contributed by atoms with E-state index in [1.165, 1.54) is 12.1 Å². The minimum Gasteiger partial charge on any atom is -0.207 e. The van der Waals surface area contributed by atoms with Crippen LogP contribution in [0.15, 0.2) is 36.4 Å². The van der Waals surface area contributed by atoms with Crippen molar-refractivity contribution in [1.82, 2.24) is 0 Å². The van der Waals surface area contributed by atoms with Crippen LogP contribution in [0.25, 0.3) is 0 Å². The van der Waals surface area contributed by atoms with Gasteiger partial charge < -0.3 is 0 Å². The van der Waals surface area contributed by atoms with Crippen molar-refractivity contribution in [3.05, 3.63) is 69.7 Å². The van der Waals surface area contributed by atoms with Gasteiger partial charge in [0.1, 0.15) is 11.6 Å². The molecule has 2 aromatic rings. The molecule has 0 aliphatic heterocycles. The van der Waals surface area contributed by atoms with Crippen molar-refractivity contribution < 1.29 is 8.78 Å². The van der Waals surface area contributed by atoms with Crippen LogP contribution in [0.2, 0.25) is 5.02 Å². The molecule has 0 atom stereocenters. The van der Waals surface area contributed by atoms with Gasteiger partial charge in [-0.15, -0.1) is 0 Å². The highest BCUT2D eigenvalue weighted by molar-refractivity contribution is 6.30. The maximum absolute atomic E-state index is 12.5. The lowest BCUT2D eigenvalue weighted by atomic mass is 10.1. The highest BCUT2D eigenvalue weighted by Crippen LogP contribution is 2.14. The second-order valence-corrected chi connectivity index (χ2v) is 4.58. The largest absolute Gasteiger partial charge is 0.207 e. The fourth-order valence-electron chi connectivity index (χ4n) is 1.40. The first-order valence-corrected chi connectivity index (χ1v) is 7.92. The highest BCUT2D eigenvalue weighted by Gasteiger charge is 1.95. The van der Waals surface area contributed by atoms with Gasteiger partial charge in [0.05, 0.1) is 5.02 Å². The van der Waals surface area contributed by atoms with Crippen LogP contribution in [0.5, 0.6) is 0 Å². The molecule has 0 saturated carbocycles. The van der Waals surface area contributed by atoms with Gasteiger partial charge in [0.2, 0.25) is 0 Å². The van der Waals surface area contributed by atoms with E-state index >= 15 is 0 Å². The van der Waals surface area contributed by atoms with Gasteiger partial charge in [-0.05, 0) is 50.1 Å². The number of aryl methyl sites for hydroxylation is 3. The lowest BCUT2D eigenvalue weighted by Crippen LogP contribution is -1.81. The summed E-state index contributed by atoms with van der Waals surface area (Å²) in [5.41, 5.74) is 2.80. The van der Waals surface area contributed by atoms with Gasteiger partial charge in [0.15, 0.2) is 0 Å². The molecular weight excluding hydrogens is 302 g/mol. The van der Waals surface area contributed by atoms with Gasteiger partial charge >= 0.3 is 0 Å². The molecule has 0 aliphatic rings. The second kappa shape index (κ2) is 13.3. The molecular formula is C19H27ClF2. The first-order valence-electron chi connectivity index (χ1n) is 7.54. The van der Waals surface area contributed by atoms with E-state index in [1.807, 2.05) is 47.6 Å². The zero-order valence-electron chi connectivity index (χ0n) is 14.6. The minimum atomic E-state index is -0.359. The van der Waals surface area contributed by atoms with Crippen molar-refractivity contribution in [3.8, 4) is 0 Å². The molecule has 0 aliphatic carbocycles. The Kier molecular flexibility index (Phi) is 13.8. The fraction of sp³-hybridized carbons (Fsp3) is 0.368. The van der Waals surface area contributed by atoms with Gasteiger partial charge in [-0.1, -0.05) is 63.1 Å². The zero-order valence-corrected chi connectivity index (χ0v) is 15.4. The Balaban J connectivity index is 0. The molecule has 3 heteroatoms. The molecule has 0 unspecified atom stereocenters. The fourth-order valence-corrected chi connectivity index (χ4v) is 1.63. The van der Waals surface area contributed by atoms with Gasteiger partial charge in [0.25, 0.3) is 0 Å². The van der Waals surface area contributed by atoms with Gasteiger partial charge in [-0.2, -0.15) is 0 Å². The third-order valence-corrected chi connectivity index (χ3v) is 2.68. The van der Waals surface area contributed by atoms with Crippen molar-refractivity contribution in [2.24, 2.45) is 0 Å². The van der Waals surface area contributed by atoms with Crippen LogP contribution < -0.4 is 0 Å². The van der Waals surface area contributed by atoms with Gasteiger partial charge in [-0.3, -0.25) is 0 Å². The summed E-state index contributed by atoms with van der Waals surface area (Å²) in [6.45, 7) is 13.6. The van der Waals surface area contributed by atoms with Crippen LogP contribution in [0, 0.1) is 32.4 Å². The number of hydrogen-bond donors (Lipinski definition) is 0. The molecule has 22 heavy (non-hydrogen) atoms. The quantitative estimate of drug-likeness (QED) is 0.476. The number of benzene rings is 2. The number of halogens is 3. The average Bonchev–Trinajstić information content (AvgIpc) is 2.52. The molecule has 0 nitrogen and oxygen atoms in total. The molecule has 0 heterocycles. The van der Waals surface area contributed by atoms with Crippen LogP contribution in [-0.2, 0) is 0 Å². The number of rotatable bonds is 0. The van der Waals surface area contributed by atoms with Crippen molar-refractivity contribution in [1.29, 1.82) is 0 Å². The standard InChI is InChI=1S/C8H9F.C7H6ClF.2C2H6/c1-6-3-4-8(9)7(2)5-6;1-5-2-3-7(9)6(8)4-5;2*1-2/h3-5H,1-2H3;2-4H,1H3;2*1-2H3. The Hall–Kier alpha value is -1.41. The van der Waals surface area contributed by atoms with E-state index < -0.39 is 0 Å². The smallest absolute Gasteiger partial charge is 0.141 e. The molecule has 0 N–H and O–H groups in total. The van der Waals surface area contributed by atoms with E-state index in [9.17, 15) is 8.78 Å². The molecule has 0 spiro atoms. The summed E-state index contributed by atoms with van der Waals surface area (Å²) >= 11 is 5.44. The Morgan fingerprint density at radius 3 is 1.41 bits per heavy atom. The lowest BCUT2D eigenvalue weighted by Gasteiger charge is -1.95. The Labute approximate surface area is 139 Å². The summed E-state index contributed by atoms with van der Waals surface area (Å²) in [6, 6.07) is 9.72. The summed E-state index contributed by atoms with van der Waals surface area (Å²) < 4.78 is 24.9. The topological polar surface area (TPSA) is 0 Å². The maximum atomic E-state index is 12.5. The van der Waals surface area contributed by atoms with E-state index in [2.05, 4.69) is 0 Å². The molecule has 0 fully saturated rings. The van der Waals surface area contributed by atoms with Crippen LogP contribution >= 0.6 is 11.6 Å². The summed E-state index contributed by atoms with van der Waals surface area (Å²) in [5.74, 6) is -0.483. The van der Waals surface area contributed by atoms with Crippen molar-refractivity contribution >= 4 is 11.6 Å². The Morgan fingerprint density at radius 1 is 0.682 bits per heavy atom. The first-order chi connectivity index (χ1) is 10.4. The lowest BCUT2D eigenvalue weighted by molar-refractivity contribution is 0.618. The summed E-state index contributed by atoms with van der Waals surface area (Å²) in [4.78, 5) is 0. The molecule has 0 aromatic heterocycles. The molecule has 124 valence electrons. The summed E-state index contributed by atoms with van der Waals surface area (Å²) in [7, 11) is 0. The summed E-state index contributed by atoms with van der Waals surface area (Å²) in [6.07, 6.45) is 0. The van der Waals surface area contributed by atoms with Crippen LogP contribution in [-0.4, -0.2) is 0 Å². The van der Waals surface area contributed by atoms with Crippen LogP contribution in [0.1, 0.15) is 44.4 Å². The molecule has 2 aromatic carbocycles. The summed E-state index contributed by atoms with van der Waals surface area (Å²) in [5, 5.41) is 0.190. The van der Waals surface area contributed by atoms with Crippen molar-refractivity contribution in [2.45, 2.75) is 48.5 Å². The van der Waals surface area contributed by atoms with Gasteiger partial charge in [0, 0.05) is 0 Å². The maximum Gasteiger partial charge on any atom is 0.141 e. The van der Waals surface area contributed by atoms with Crippen molar-refractivity contribution in [3.63, 3.8) is 0 Å². The monoisotopic (exact) mass is 328 g/mol. The molecule has 0 radical (unpaired) electrons. The van der Waals surface area contributed by atoms with Crippen LogP contribution in [0.4, 0.5) is 8.78 Å². The Bertz CT molecular complexity index is 487. The first kappa shape index (κ1) is 22.9. The molecule has 0 amide bonds. The Morgan fingerprint density at radius 2 is 1.09 bits per heavy atom. The minimum absolute atomic E-state index is 0.124. The predicted molar refractivity (Wildman–Crippen MR) is 94.7 cm³/mol. The van der Waals surface area contributed by atoms with E-state index in [4.69, 9.17) is 11.6 Å².